The Balaban J connectivity index is 1.72. The van der Waals surface area contributed by atoms with E-state index in [1.165, 1.54) is 46.9 Å². The first-order valence-electron chi connectivity index (χ1n) is 14.1. The Bertz CT molecular complexity index is 1630. The minimum atomic E-state index is -4.60. The molecule has 2 aliphatic heterocycles. The quantitative estimate of drug-likeness (QED) is 0.0852. The molecule has 2 aromatic carbocycles. The Hall–Kier alpha value is -3.06. The molecule has 0 atom stereocenters. The van der Waals surface area contributed by atoms with Gasteiger partial charge in [-0.2, -0.15) is 4.58 Å². The second-order valence-corrected chi connectivity index (χ2v) is 15.3. The van der Waals surface area contributed by atoms with Crippen molar-refractivity contribution in [1.82, 2.24) is 0 Å². The van der Waals surface area contributed by atoms with Gasteiger partial charge in [-0.3, -0.25) is 10.8 Å². The monoisotopic (exact) mass is 640 g/mol. The van der Waals surface area contributed by atoms with Crippen LogP contribution in [0.3, 0.4) is 0 Å². The fourth-order valence-corrected chi connectivity index (χ4v) is 7.46. The zero-order valence-corrected chi connectivity index (χ0v) is 27.5. The number of amidine groups is 2. The average molecular weight is 641 g/mol. The maximum atomic E-state index is 11.9. The predicted molar refractivity (Wildman–Crippen MR) is 179 cm³/mol. The van der Waals surface area contributed by atoms with Crippen molar-refractivity contribution in [2.24, 2.45) is 11.5 Å². The highest BCUT2D eigenvalue weighted by molar-refractivity contribution is 8.13. The molecule has 0 radical (unpaired) electrons. The molecule has 9 nitrogen and oxygen atoms in total. The van der Waals surface area contributed by atoms with E-state index < -0.39 is 15.5 Å². The molecule has 0 aromatic heterocycles. The summed E-state index contributed by atoms with van der Waals surface area (Å²) in [7, 11) is -4.60. The minimum Gasteiger partial charge on any atom is -0.744 e. The molecule has 2 heterocycles. The number of nitrogens with one attached hydrogen (secondary N) is 2. The summed E-state index contributed by atoms with van der Waals surface area (Å²) in [5.74, 6) is 1.44. The first-order chi connectivity index (χ1) is 20.2. The van der Waals surface area contributed by atoms with Gasteiger partial charge in [0.25, 0.3) is 0 Å². The smallest absolute Gasteiger partial charge is 0.209 e. The standard InChI is InChI=1S/C31H40N6O3S3/c1-30(2)22-10-5-6-11-24(22)36(16-8-18-41-28(32)33)26(30)12-7-13-27-31(3,4)23-20-21(43(38,39)40)14-15-25(23)37(27)17-9-19-42-29(34)35/h5-7,10-15,20H,8-9,16-19H2,1-4H3,(H6-,32,33,34,35,38,39,40). The van der Waals surface area contributed by atoms with E-state index in [-0.39, 0.29) is 20.6 Å². The molecule has 2 aliphatic rings. The van der Waals surface area contributed by atoms with E-state index in [2.05, 4.69) is 65.8 Å². The molecule has 4 rings (SSSR count). The van der Waals surface area contributed by atoms with Crippen LogP contribution in [-0.4, -0.2) is 58.2 Å². The topological polar surface area (TPSA) is 163 Å². The summed E-state index contributed by atoms with van der Waals surface area (Å²) in [4.78, 5) is 1.94. The molecule has 230 valence electrons. The molecule has 43 heavy (non-hydrogen) atoms. The van der Waals surface area contributed by atoms with Crippen LogP contribution < -0.4 is 16.4 Å². The average Bonchev–Trinajstić information content (AvgIpc) is 3.27. The first-order valence-corrected chi connectivity index (χ1v) is 17.5. The van der Waals surface area contributed by atoms with Crippen LogP contribution in [0.15, 0.2) is 71.3 Å². The summed E-state index contributed by atoms with van der Waals surface area (Å²) in [5.41, 5.74) is 16.5. The zero-order valence-electron chi connectivity index (χ0n) is 25.0. The van der Waals surface area contributed by atoms with E-state index in [4.69, 9.17) is 22.3 Å². The van der Waals surface area contributed by atoms with Gasteiger partial charge in [-0.1, -0.05) is 61.6 Å². The number of para-hydroxylation sites is 1. The number of anilines is 1. The molecular weight excluding hydrogens is 601 g/mol. The summed E-state index contributed by atoms with van der Waals surface area (Å²) >= 11 is 2.64. The number of benzene rings is 2. The third-order valence-corrected chi connectivity index (χ3v) is 10.5. The summed E-state index contributed by atoms with van der Waals surface area (Å²) in [6.07, 6.45) is 7.92. The molecule has 12 heteroatoms. The van der Waals surface area contributed by atoms with Crippen molar-refractivity contribution in [3.8, 4) is 0 Å². The Kier molecular flexibility index (Phi) is 9.85. The van der Waals surface area contributed by atoms with Gasteiger partial charge in [0.1, 0.15) is 16.7 Å². The van der Waals surface area contributed by atoms with E-state index >= 15 is 0 Å². The van der Waals surface area contributed by atoms with E-state index in [9.17, 15) is 13.0 Å². The molecule has 0 saturated carbocycles. The van der Waals surface area contributed by atoms with Crippen molar-refractivity contribution < 1.29 is 17.5 Å². The van der Waals surface area contributed by atoms with Crippen molar-refractivity contribution in [2.45, 2.75) is 56.3 Å². The van der Waals surface area contributed by atoms with Crippen LogP contribution in [0.4, 0.5) is 11.4 Å². The summed E-state index contributed by atoms with van der Waals surface area (Å²) in [6, 6.07) is 13.0. The molecular formula is C31H40N6O3S3. The lowest BCUT2D eigenvalue weighted by molar-refractivity contribution is -0.437. The summed E-state index contributed by atoms with van der Waals surface area (Å²) in [5, 5.41) is 15.3. The van der Waals surface area contributed by atoms with E-state index in [0.29, 0.717) is 12.3 Å². The molecule has 0 aliphatic carbocycles. The lowest BCUT2D eigenvalue weighted by Crippen LogP contribution is -2.28. The number of fused-ring (bicyclic) bond motifs is 2. The predicted octanol–water partition coefficient (Wildman–Crippen LogP) is 5.24. The van der Waals surface area contributed by atoms with Gasteiger partial charge >= 0.3 is 0 Å². The highest BCUT2D eigenvalue weighted by atomic mass is 32.2. The van der Waals surface area contributed by atoms with Crippen molar-refractivity contribution in [3.63, 3.8) is 0 Å². The van der Waals surface area contributed by atoms with Gasteiger partial charge < -0.3 is 20.9 Å². The lowest BCUT2D eigenvalue weighted by atomic mass is 9.81. The van der Waals surface area contributed by atoms with Crippen LogP contribution in [0, 0.1) is 10.8 Å². The normalized spacial score (nSPS) is 18.0. The second kappa shape index (κ2) is 12.9. The number of nitrogens with zero attached hydrogens (tertiary/aromatic N) is 2. The fourth-order valence-electron chi connectivity index (χ4n) is 5.97. The summed E-state index contributed by atoms with van der Waals surface area (Å²) in [6.45, 7) is 9.97. The third-order valence-electron chi connectivity index (χ3n) is 8.03. The number of thioether (sulfide) groups is 2. The summed E-state index contributed by atoms with van der Waals surface area (Å²) < 4.78 is 37.9. The van der Waals surface area contributed by atoms with Crippen molar-refractivity contribution in [1.29, 1.82) is 10.8 Å². The first kappa shape index (κ1) is 32.8. The number of nitrogens with two attached hydrogens (primary N) is 2. The van der Waals surface area contributed by atoms with Crippen LogP contribution in [0.1, 0.15) is 51.7 Å². The third kappa shape index (κ3) is 7.03. The Labute approximate surface area is 263 Å². The molecule has 2 aromatic rings. The second-order valence-electron chi connectivity index (χ2n) is 11.6. The SMILES string of the molecule is CC1(C)C(/C=C/C=C2/N(CCCSC(=N)N)c3ccc(S(=O)(=O)[O-])cc3C2(C)C)=[N+](CCCSC(=N)N)c2ccccc21. The van der Waals surface area contributed by atoms with Gasteiger partial charge in [0.15, 0.2) is 16.0 Å². The van der Waals surface area contributed by atoms with Crippen molar-refractivity contribution in [2.75, 3.05) is 29.5 Å². The van der Waals surface area contributed by atoms with Crippen molar-refractivity contribution in [3.05, 3.63) is 77.5 Å². The van der Waals surface area contributed by atoms with E-state index in [1.807, 2.05) is 13.8 Å². The van der Waals surface area contributed by atoms with E-state index in [0.717, 1.165) is 47.8 Å². The van der Waals surface area contributed by atoms with Crippen LogP contribution in [-0.2, 0) is 20.9 Å². The number of hydrogen-bond donors (Lipinski definition) is 4. The Morgan fingerprint density at radius 2 is 1.63 bits per heavy atom. The van der Waals surface area contributed by atoms with Gasteiger partial charge in [0, 0.05) is 59.0 Å². The molecule has 6 N–H and O–H groups in total. The fraction of sp³-hybridized carbons (Fsp3) is 0.387. The lowest BCUT2D eigenvalue weighted by Gasteiger charge is -2.27. The minimum absolute atomic E-state index is 0.0767. The molecule has 0 spiro atoms. The maximum Gasteiger partial charge on any atom is 0.209 e. The van der Waals surface area contributed by atoms with Gasteiger partial charge in [-0.25, -0.2) is 8.42 Å². The van der Waals surface area contributed by atoms with Crippen LogP contribution >= 0.6 is 23.5 Å². The number of allylic oxidation sites excluding steroid dienone is 4. The molecule has 0 fully saturated rings. The molecule has 0 unspecified atom stereocenters. The van der Waals surface area contributed by atoms with Crippen molar-refractivity contribution >= 4 is 61.1 Å². The largest absolute Gasteiger partial charge is 0.744 e. The van der Waals surface area contributed by atoms with E-state index in [1.54, 1.807) is 6.07 Å². The molecule has 0 bridgehead atoms. The van der Waals surface area contributed by atoms with Gasteiger partial charge in [0.05, 0.1) is 10.3 Å². The highest BCUT2D eigenvalue weighted by Gasteiger charge is 2.44. The van der Waals surface area contributed by atoms with Crippen LogP contribution in [0.2, 0.25) is 0 Å². The van der Waals surface area contributed by atoms with Crippen LogP contribution in [0.5, 0.6) is 0 Å². The van der Waals surface area contributed by atoms with Gasteiger partial charge in [-0.15, -0.1) is 0 Å². The molecule has 0 saturated heterocycles. The number of rotatable bonds is 11. The zero-order chi connectivity index (χ0) is 31.6. The Morgan fingerprint density at radius 3 is 2.28 bits per heavy atom. The van der Waals surface area contributed by atoms with Crippen LogP contribution in [0.25, 0.3) is 0 Å². The molecule has 0 amide bonds. The van der Waals surface area contributed by atoms with Gasteiger partial charge in [0.2, 0.25) is 5.69 Å². The van der Waals surface area contributed by atoms with Gasteiger partial charge in [-0.05, 0) is 50.1 Å². The number of hydrogen-bond acceptors (Lipinski definition) is 8. The Morgan fingerprint density at radius 1 is 0.977 bits per heavy atom. The highest BCUT2D eigenvalue weighted by Crippen LogP contribution is 2.48. The maximum absolute atomic E-state index is 11.9.